The molecule has 2 rings (SSSR count). The Bertz CT molecular complexity index is 643. The summed E-state index contributed by atoms with van der Waals surface area (Å²) in [7, 11) is -3.47. The molecule has 1 fully saturated rings. The monoisotopic (exact) mass is 352 g/mol. The molecule has 0 saturated carbocycles. The van der Waals surface area contributed by atoms with Gasteiger partial charge in [-0.15, -0.1) is 0 Å². The van der Waals surface area contributed by atoms with E-state index in [1.54, 1.807) is 12.1 Å². The number of amides is 1. The minimum atomic E-state index is -3.47. The number of carbonyl (C=O) groups excluding carboxylic acids is 1. The van der Waals surface area contributed by atoms with Crippen molar-refractivity contribution in [1.29, 1.82) is 0 Å². The first-order valence-corrected chi connectivity index (χ1v) is 10.3. The van der Waals surface area contributed by atoms with Gasteiger partial charge in [-0.1, -0.05) is 32.9 Å². The van der Waals surface area contributed by atoms with Crippen molar-refractivity contribution in [2.24, 2.45) is 5.92 Å². The second-order valence-electron chi connectivity index (χ2n) is 6.24. The molecule has 1 aromatic carbocycles. The predicted octanol–water partition coefficient (Wildman–Crippen LogP) is 2.52. The number of nitrogens with zero attached hydrogens (tertiary/aromatic N) is 2. The van der Waals surface area contributed by atoms with E-state index < -0.39 is 10.0 Å². The van der Waals surface area contributed by atoms with Gasteiger partial charge in [0.15, 0.2) is 0 Å². The normalized spacial score (nSPS) is 16.6. The number of benzene rings is 1. The van der Waals surface area contributed by atoms with Crippen molar-refractivity contribution in [3.8, 4) is 0 Å². The molecule has 134 valence electrons. The van der Waals surface area contributed by atoms with Crippen molar-refractivity contribution >= 4 is 15.9 Å². The quantitative estimate of drug-likeness (QED) is 0.790. The first-order chi connectivity index (χ1) is 11.4. The van der Waals surface area contributed by atoms with Crippen molar-refractivity contribution in [2.75, 3.05) is 26.2 Å². The number of rotatable bonds is 6. The third-order valence-electron chi connectivity index (χ3n) is 4.85. The molecule has 0 spiro atoms. The van der Waals surface area contributed by atoms with Crippen LogP contribution in [0.2, 0.25) is 0 Å². The molecule has 0 bridgehead atoms. The fourth-order valence-corrected chi connectivity index (χ4v) is 4.51. The van der Waals surface area contributed by atoms with Crippen LogP contribution in [0.4, 0.5) is 0 Å². The van der Waals surface area contributed by atoms with Gasteiger partial charge in [0.25, 0.3) is 0 Å². The molecule has 0 unspecified atom stereocenters. The number of aryl methyl sites for hydroxylation is 1. The highest BCUT2D eigenvalue weighted by Crippen LogP contribution is 2.20. The highest BCUT2D eigenvalue weighted by molar-refractivity contribution is 7.89. The van der Waals surface area contributed by atoms with E-state index in [-0.39, 0.29) is 11.8 Å². The van der Waals surface area contributed by atoms with Crippen molar-refractivity contribution in [3.63, 3.8) is 0 Å². The number of hydrogen-bond acceptors (Lipinski definition) is 3. The molecular formula is C18H28N2O3S. The van der Waals surface area contributed by atoms with E-state index in [1.807, 2.05) is 37.8 Å². The van der Waals surface area contributed by atoms with E-state index in [1.165, 1.54) is 4.31 Å². The zero-order valence-corrected chi connectivity index (χ0v) is 15.7. The summed E-state index contributed by atoms with van der Waals surface area (Å²) in [5.74, 6) is 0.207. The highest BCUT2D eigenvalue weighted by Gasteiger charge is 2.31. The molecular weight excluding hydrogens is 324 g/mol. The van der Waals surface area contributed by atoms with Crippen molar-refractivity contribution < 1.29 is 13.2 Å². The summed E-state index contributed by atoms with van der Waals surface area (Å²) in [5, 5.41) is 0. The predicted molar refractivity (Wildman–Crippen MR) is 95.2 cm³/mol. The summed E-state index contributed by atoms with van der Waals surface area (Å²) in [4.78, 5) is 14.6. The van der Waals surface area contributed by atoms with Gasteiger partial charge >= 0.3 is 0 Å². The van der Waals surface area contributed by atoms with Crippen LogP contribution in [0.15, 0.2) is 29.2 Å². The molecule has 0 atom stereocenters. The molecule has 24 heavy (non-hydrogen) atoms. The maximum absolute atomic E-state index is 12.7. The third-order valence-corrected chi connectivity index (χ3v) is 6.77. The second-order valence-corrected chi connectivity index (χ2v) is 8.18. The Kier molecular flexibility index (Phi) is 6.40. The number of sulfonamides is 1. The Morgan fingerprint density at radius 1 is 1.00 bits per heavy atom. The lowest BCUT2D eigenvalue weighted by atomic mass is 10.0. The summed E-state index contributed by atoms with van der Waals surface area (Å²) in [6, 6.07) is 7.07. The average Bonchev–Trinajstić information content (AvgIpc) is 2.62. The Labute approximate surface area is 145 Å². The van der Waals surface area contributed by atoms with Gasteiger partial charge in [-0.2, -0.15) is 4.31 Å². The average molecular weight is 353 g/mol. The fraction of sp³-hybridized carbons (Fsp3) is 0.611. The number of hydrogen-bond donors (Lipinski definition) is 0. The fourth-order valence-electron chi connectivity index (χ4n) is 3.09. The largest absolute Gasteiger partial charge is 0.340 e. The summed E-state index contributed by atoms with van der Waals surface area (Å²) in [6.45, 7) is 7.76. The minimum absolute atomic E-state index is 0.0507. The van der Waals surface area contributed by atoms with Gasteiger partial charge in [0.05, 0.1) is 4.90 Å². The van der Waals surface area contributed by atoms with Crippen LogP contribution in [0.3, 0.4) is 0 Å². The van der Waals surface area contributed by atoms with Gasteiger partial charge in [0.1, 0.15) is 0 Å². The Morgan fingerprint density at radius 3 is 2.00 bits per heavy atom. The van der Waals surface area contributed by atoms with Gasteiger partial charge in [0, 0.05) is 32.1 Å². The van der Waals surface area contributed by atoms with Crippen LogP contribution in [0.5, 0.6) is 0 Å². The lowest BCUT2D eigenvalue weighted by Crippen LogP contribution is -2.51. The van der Waals surface area contributed by atoms with Gasteiger partial charge in [-0.3, -0.25) is 4.79 Å². The third kappa shape index (κ3) is 3.98. The Balaban J connectivity index is 2.03. The molecule has 1 saturated heterocycles. The zero-order chi connectivity index (χ0) is 17.7. The van der Waals surface area contributed by atoms with Gasteiger partial charge in [-0.05, 0) is 37.0 Å². The Morgan fingerprint density at radius 2 is 1.54 bits per heavy atom. The Hall–Kier alpha value is -1.40. The summed E-state index contributed by atoms with van der Waals surface area (Å²) < 4.78 is 27.0. The molecule has 0 aromatic heterocycles. The van der Waals surface area contributed by atoms with Crippen LogP contribution in [0, 0.1) is 5.92 Å². The van der Waals surface area contributed by atoms with Crippen LogP contribution in [-0.4, -0.2) is 49.7 Å². The molecule has 6 heteroatoms. The van der Waals surface area contributed by atoms with E-state index in [4.69, 9.17) is 0 Å². The molecule has 0 radical (unpaired) electrons. The van der Waals surface area contributed by atoms with E-state index in [0.717, 1.165) is 24.8 Å². The highest BCUT2D eigenvalue weighted by atomic mass is 32.2. The molecule has 1 heterocycles. The van der Waals surface area contributed by atoms with E-state index in [9.17, 15) is 13.2 Å². The standard InChI is InChI=1S/C18H28N2O3S/c1-4-15-7-9-17(10-8-15)24(22,23)20-13-11-19(12-14-20)18(21)16(5-2)6-3/h7-10,16H,4-6,11-14H2,1-3H3. The minimum Gasteiger partial charge on any atom is -0.340 e. The summed E-state index contributed by atoms with van der Waals surface area (Å²) >= 11 is 0. The van der Waals surface area contributed by atoms with E-state index >= 15 is 0 Å². The molecule has 5 nitrogen and oxygen atoms in total. The summed E-state index contributed by atoms with van der Waals surface area (Å²) in [5.41, 5.74) is 1.12. The molecule has 1 aliphatic heterocycles. The maximum Gasteiger partial charge on any atom is 0.243 e. The smallest absolute Gasteiger partial charge is 0.243 e. The van der Waals surface area contributed by atoms with E-state index in [2.05, 4.69) is 0 Å². The lowest BCUT2D eigenvalue weighted by molar-refractivity contribution is -0.136. The van der Waals surface area contributed by atoms with Crippen LogP contribution in [-0.2, 0) is 21.2 Å². The number of carbonyl (C=O) groups is 1. The van der Waals surface area contributed by atoms with Crippen LogP contribution >= 0.6 is 0 Å². The van der Waals surface area contributed by atoms with Gasteiger partial charge in [-0.25, -0.2) is 8.42 Å². The van der Waals surface area contributed by atoms with Gasteiger partial charge in [0.2, 0.25) is 15.9 Å². The van der Waals surface area contributed by atoms with E-state index in [0.29, 0.717) is 31.1 Å². The maximum atomic E-state index is 12.7. The van der Waals surface area contributed by atoms with Crippen molar-refractivity contribution in [3.05, 3.63) is 29.8 Å². The lowest BCUT2D eigenvalue weighted by Gasteiger charge is -2.35. The SMILES string of the molecule is CCc1ccc(S(=O)(=O)N2CCN(C(=O)C(CC)CC)CC2)cc1. The number of piperazine rings is 1. The second kappa shape index (κ2) is 8.12. The van der Waals surface area contributed by atoms with Crippen LogP contribution in [0.25, 0.3) is 0 Å². The molecule has 0 aliphatic carbocycles. The van der Waals surface area contributed by atoms with Crippen molar-refractivity contribution in [2.45, 2.75) is 44.9 Å². The molecule has 0 N–H and O–H groups in total. The van der Waals surface area contributed by atoms with Crippen molar-refractivity contribution in [1.82, 2.24) is 9.21 Å². The van der Waals surface area contributed by atoms with Crippen LogP contribution in [0.1, 0.15) is 39.2 Å². The molecule has 1 aliphatic rings. The zero-order valence-electron chi connectivity index (χ0n) is 14.9. The molecule has 1 aromatic rings. The summed E-state index contributed by atoms with van der Waals surface area (Å²) in [6.07, 6.45) is 2.55. The first-order valence-electron chi connectivity index (χ1n) is 8.81. The van der Waals surface area contributed by atoms with Crippen LogP contribution < -0.4 is 0 Å². The first kappa shape index (κ1) is 18.9. The van der Waals surface area contributed by atoms with Gasteiger partial charge < -0.3 is 4.90 Å². The molecule has 1 amide bonds. The topological polar surface area (TPSA) is 57.7 Å².